The van der Waals surface area contributed by atoms with Gasteiger partial charge in [-0.1, -0.05) is 67.1 Å². The number of rotatable bonds is 12. The predicted octanol–water partition coefficient (Wildman–Crippen LogP) is 7.20. The van der Waals surface area contributed by atoms with Gasteiger partial charge in [0, 0.05) is 24.2 Å². The van der Waals surface area contributed by atoms with Crippen LogP contribution in [-0.4, -0.2) is 43.4 Å². The van der Waals surface area contributed by atoms with Crippen LogP contribution in [0.3, 0.4) is 0 Å². The molecule has 8 heteroatoms. The van der Waals surface area contributed by atoms with Gasteiger partial charge in [-0.25, -0.2) is 0 Å². The summed E-state index contributed by atoms with van der Waals surface area (Å²) in [6.45, 7) is 4.06. The molecule has 1 aliphatic heterocycles. The molecular weight excluding hydrogens is 570 g/mol. The fourth-order valence-corrected chi connectivity index (χ4v) is 5.54. The molecule has 2 heterocycles. The summed E-state index contributed by atoms with van der Waals surface area (Å²) in [4.78, 5) is 16.0. The zero-order chi connectivity index (χ0) is 31.0. The van der Waals surface area contributed by atoms with Gasteiger partial charge >= 0.3 is 0 Å². The number of nitrogens with zero attached hydrogens (tertiary/aromatic N) is 1. The molecule has 5 aromatic rings. The van der Waals surface area contributed by atoms with Gasteiger partial charge in [0.25, 0.3) is 0 Å². The van der Waals surface area contributed by atoms with Crippen molar-refractivity contribution in [2.24, 2.45) is 0 Å². The van der Waals surface area contributed by atoms with E-state index < -0.39 is 5.43 Å². The van der Waals surface area contributed by atoms with E-state index in [9.17, 15) is 9.90 Å². The van der Waals surface area contributed by atoms with E-state index in [4.69, 9.17) is 23.4 Å². The maximum Gasteiger partial charge on any atom is 0.239 e. The molecule has 0 saturated carbocycles. The lowest BCUT2D eigenvalue weighted by Crippen LogP contribution is -2.33. The molecule has 6 rings (SSSR count). The van der Waals surface area contributed by atoms with E-state index >= 15 is 0 Å². The number of benzene rings is 4. The number of phenols is 1. The van der Waals surface area contributed by atoms with Crippen LogP contribution in [0.2, 0.25) is 0 Å². The van der Waals surface area contributed by atoms with Crippen LogP contribution in [0, 0.1) is 0 Å². The van der Waals surface area contributed by atoms with E-state index in [0.717, 1.165) is 30.8 Å². The summed E-state index contributed by atoms with van der Waals surface area (Å²) >= 11 is 0. The van der Waals surface area contributed by atoms with Crippen molar-refractivity contribution in [3.8, 4) is 40.1 Å². The zero-order valence-electron chi connectivity index (χ0n) is 25.4. The molecule has 0 aliphatic carbocycles. The van der Waals surface area contributed by atoms with Crippen LogP contribution in [0.15, 0.2) is 100 Å². The van der Waals surface area contributed by atoms with Gasteiger partial charge < -0.3 is 28.5 Å². The molecule has 1 saturated heterocycles. The number of hydrogen-bond acceptors (Lipinski definition) is 8. The molecule has 0 unspecified atom stereocenters. The average Bonchev–Trinajstić information content (AvgIpc) is 3.07. The molecule has 1 aliphatic rings. The van der Waals surface area contributed by atoms with Crippen LogP contribution in [0.4, 0.5) is 0 Å². The quantitative estimate of drug-likeness (QED) is 0.159. The third kappa shape index (κ3) is 7.24. The summed E-state index contributed by atoms with van der Waals surface area (Å²) in [7, 11) is 1.40. The van der Waals surface area contributed by atoms with E-state index in [1.165, 1.54) is 32.4 Å². The second kappa shape index (κ2) is 14.2. The summed E-state index contributed by atoms with van der Waals surface area (Å²) in [6.07, 6.45) is 3.67. The predicted molar refractivity (Wildman–Crippen MR) is 173 cm³/mol. The number of methoxy groups -OCH3 is 1. The average molecular weight is 608 g/mol. The molecule has 1 N–H and O–H groups in total. The molecule has 0 radical (unpaired) electrons. The Balaban J connectivity index is 1.32. The van der Waals surface area contributed by atoms with Gasteiger partial charge in [0.1, 0.15) is 42.3 Å². The first-order chi connectivity index (χ1) is 22.1. The Bertz CT molecular complexity index is 1780. The first-order valence-corrected chi connectivity index (χ1v) is 15.3. The topological polar surface area (TPSA) is 90.6 Å². The summed E-state index contributed by atoms with van der Waals surface area (Å²) in [6, 6.07) is 28.2. The molecule has 232 valence electrons. The Hall–Kier alpha value is -4.95. The Kier molecular flexibility index (Phi) is 9.51. The number of phenolic OH excluding ortho intramolecular Hbond substituents is 1. The minimum absolute atomic E-state index is 0.0245. The molecule has 4 aromatic carbocycles. The van der Waals surface area contributed by atoms with Crippen molar-refractivity contribution in [1.82, 2.24) is 4.90 Å². The zero-order valence-corrected chi connectivity index (χ0v) is 25.4. The van der Waals surface area contributed by atoms with E-state index in [2.05, 4.69) is 4.90 Å². The minimum atomic E-state index is -0.484. The smallest absolute Gasteiger partial charge is 0.239 e. The van der Waals surface area contributed by atoms with Crippen molar-refractivity contribution in [3.63, 3.8) is 0 Å². The fourth-order valence-electron chi connectivity index (χ4n) is 5.54. The Morgan fingerprint density at radius 1 is 0.778 bits per heavy atom. The van der Waals surface area contributed by atoms with Crippen molar-refractivity contribution >= 4 is 11.0 Å². The molecule has 0 amide bonds. The van der Waals surface area contributed by atoms with E-state index in [0.29, 0.717) is 42.6 Å². The highest BCUT2D eigenvalue weighted by molar-refractivity contribution is 5.88. The minimum Gasteiger partial charge on any atom is -0.507 e. The number of likely N-dealkylation sites (tertiary alicyclic amines) is 1. The summed E-state index contributed by atoms with van der Waals surface area (Å²) in [5.41, 5.74) is 2.28. The Labute approximate surface area is 262 Å². The number of fused-ring (bicyclic) bond motifs is 1. The van der Waals surface area contributed by atoms with Gasteiger partial charge in [0.2, 0.25) is 11.2 Å². The first kappa shape index (κ1) is 30.1. The second-order valence-corrected chi connectivity index (χ2v) is 11.1. The molecule has 1 fully saturated rings. The highest BCUT2D eigenvalue weighted by Gasteiger charge is 2.22. The van der Waals surface area contributed by atoms with Gasteiger partial charge in [-0.3, -0.25) is 9.69 Å². The van der Waals surface area contributed by atoms with Gasteiger partial charge in [-0.15, -0.1) is 0 Å². The van der Waals surface area contributed by atoms with Crippen LogP contribution in [0.1, 0.15) is 30.4 Å². The van der Waals surface area contributed by atoms with Crippen LogP contribution in [-0.2, 0) is 13.2 Å². The van der Waals surface area contributed by atoms with Crippen molar-refractivity contribution in [3.05, 3.63) is 112 Å². The normalized spacial score (nSPS) is 13.4. The number of piperidine rings is 1. The van der Waals surface area contributed by atoms with E-state index in [1.54, 1.807) is 24.3 Å². The van der Waals surface area contributed by atoms with Gasteiger partial charge in [0.05, 0.1) is 7.11 Å². The van der Waals surface area contributed by atoms with Crippen molar-refractivity contribution < 1.29 is 28.5 Å². The van der Waals surface area contributed by atoms with Crippen molar-refractivity contribution in [2.45, 2.75) is 32.5 Å². The lowest BCUT2D eigenvalue weighted by molar-refractivity contribution is 0.183. The highest BCUT2D eigenvalue weighted by atomic mass is 16.5. The van der Waals surface area contributed by atoms with Gasteiger partial charge in [-0.2, -0.15) is 0 Å². The van der Waals surface area contributed by atoms with Gasteiger partial charge in [0.15, 0.2) is 17.3 Å². The number of ether oxygens (including phenoxy) is 4. The van der Waals surface area contributed by atoms with Crippen LogP contribution in [0.25, 0.3) is 22.3 Å². The van der Waals surface area contributed by atoms with Crippen LogP contribution >= 0.6 is 0 Å². The van der Waals surface area contributed by atoms with Crippen molar-refractivity contribution in [2.75, 3.05) is 33.4 Å². The lowest BCUT2D eigenvalue weighted by atomic mass is 10.1. The maximum atomic E-state index is 13.6. The molecule has 45 heavy (non-hydrogen) atoms. The fraction of sp³-hybridized carbons (Fsp3) is 0.270. The number of hydrogen-bond donors (Lipinski definition) is 1. The van der Waals surface area contributed by atoms with E-state index in [1.807, 2.05) is 60.7 Å². The largest absolute Gasteiger partial charge is 0.507 e. The van der Waals surface area contributed by atoms with E-state index in [-0.39, 0.29) is 28.2 Å². The monoisotopic (exact) mass is 607 g/mol. The molecule has 0 spiro atoms. The third-order valence-electron chi connectivity index (χ3n) is 7.92. The van der Waals surface area contributed by atoms with Gasteiger partial charge in [-0.05, 0) is 55.3 Å². The molecule has 8 nitrogen and oxygen atoms in total. The van der Waals surface area contributed by atoms with Crippen LogP contribution in [0.5, 0.6) is 28.7 Å². The molecule has 1 aromatic heterocycles. The number of aromatic hydroxyl groups is 1. The third-order valence-corrected chi connectivity index (χ3v) is 7.92. The summed E-state index contributed by atoms with van der Waals surface area (Å²) < 4.78 is 30.2. The first-order valence-electron chi connectivity index (χ1n) is 15.3. The molecular formula is C37H37NO7. The lowest BCUT2D eigenvalue weighted by Gasteiger charge is -2.26. The standard InChI is InChI=1S/C37H37NO7/c1-41-37-35(40)34-30(39)22-29(42-20-19-38-17-9-4-10-18-38)23-33(34)45-36(37)28-15-16-31(43-24-26-11-5-2-6-12-26)32(21-28)44-25-27-13-7-3-8-14-27/h2-3,5-8,11-16,21-23,39H,4,9-10,17-20,24-25H2,1H3. The summed E-state index contributed by atoms with van der Waals surface area (Å²) in [5.74, 6) is 1.41. The SMILES string of the molecule is COc1c(-c2ccc(OCc3ccccc3)c(OCc3ccccc3)c2)oc2cc(OCCN3CCCCC3)cc(O)c2c1=O. The second-order valence-electron chi connectivity index (χ2n) is 11.1. The summed E-state index contributed by atoms with van der Waals surface area (Å²) in [5, 5.41) is 10.9. The Morgan fingerprint density at radius 3 is 2.11 bits per heavy atom. The molecule has 0 bridgehead atoms. The van der Waals surface area contributed by atoms with Crippen molar-refractivity contribution in [1.29, 1.82) is 0 Å². The Morgan fingerprint density at radius 2 is 1.44 bits per heavy atom. The maximum absolute atomic E-state index is 13.6. The van der Waals surface area contributed by atoms with Crippen LogP contribution < -0.4 is 24.4 Å². The molecule has 0 atom stereocenters. The highest BCUT2D eigenvalue weighted by Crippen LogP contribution is 2.39.